The molecule has 3 aromatic heterocycles. The Labute approximate surface area is 208 Å². The zero-order valence-corrected chi connectivity index (χ0v) is 20.1. The molecule has 36 heavy (non-hydrogen) atoms. The van der Waals surface area contributed by atoms with Gasteiger partial charge in [-0.1, -0.05) is 36.4 Å². The van der Waals surface area contributed by atoms with Crippen molar-refractivity contribution < 1.29 is 4.79 Å². The summed E-state index contributed by atoms with van der Waals surface area (Å²) < 4.78 is 2.02. The van der Waals surface area contributed by atoms with Crippen LogP contribution in [0, 0.1) is 5.92 Å². The molecule has 1 amide bonds. The van der Waals surface area contributed by atoms with E-state index in [-0.39, 0.29) is 17.7 Å². The molecule has 3 N–H and O–H groups in total. The van der Waals surface area contributed by atoms with Crippen molar-refractivity contribution in [3.05, 3.63) is 72.9 Å². The zero-order chi connectivity index (χ0) is 24.6. The van der Waals surface area contributed by atoms with E-state index in [2.05, 4.69) is 15.3 Å². The van der Waals surface area contributed by atoms with Gasteiger partial charge >= 0.3 is 0 Å². The van der Waals surface area contributed by atoms with Gasteiger partial charge in [0.15, 0.2) is 0 Å². The van der Waals surface area contributed by atoms with E-state index in [1.54, 1.807) is 19.4 Å². The fourth-order valence-corrected chi connectivity index (χ4v) is 5.29. The molecule has 1 saturated carbocycles. The summed E-state index contributed by atoms with van der Waals surface area (Å²) in [5, 5.41) is 2.78. The Morgan fingerprint density at radius 2 is 1.75 bits per heavy atom. The van der Waals surface area contributed by atoms with Crippen LogP contribution in [0.5, 0.6) is 0 Å². The number of nitrogens with zero attached hydrogens (tertiary/aromatic N) is 5. The molecule has 6 rings (SSSR count). The van der Waals surface area contributed by atoms with Crippen molar-refractivity contribution in [3.63, 3.8) is 0 Å². The average Bonchev–Trinajstić information content (AvgIpc) is 3.33. The van der Waals surface area contributed by atoms with Crippen molar-refractivity contribution in [2.75, 3.05) is 12.8 Å². The van der Waals surface area contributed by atoms with Gasteiger partial charge in [-0.3, -0.25) is 19.2 Å². The predicted molar refractivity (Wildman–Crippen MR) is 140 cm³/mol. The Morgan fingerprint density at radius 1 is 0.944 bits per heavy atom. The molecule has 0 saturated heterocycles. The van der Waals surface area contributed by atoms with Crippen molar-refractivity contribution in [1.82, 2.24) is 29.7 Å². The number of hydrogen-bond acceptors (Lipinski definition) is 6. The molecule has 1 fully saturated rings. The lowest BCUT2D eigenvalue weighted by Crippen LogP contribution is -2.30. The maximum atomic E-state index is 12.1. The SMILES string of the molecule is CNC(=O)C1CCC(c2nc(-c3ccc4ncc(-c5ccccc5)nc4c3)c3cncc(N)n23)CC1. The fourth-order valence-electron chi connectivity index (χ4n) is 5.29. The molecule has 1 aliphatic carbocycles. The molecule has 0 spiro atoms. The number of nitrogens with two attached hydrogens (primary N) is 1. The van der Waals surface area contributed by atoms with Crippen molar-refractivity contribution in [2.24, 2.45) is 5.92 Å². The minimum Gasteiger partial charge on any atom is -0.383 e. The number of carbonyl (C=O) groups excluding carboxylic acids is 1. The number of aromatic nitrogens is 5. The summed E-state index contributed by atoms with van der Waals surface area (Å²) in [6.45, 7) is 0. The second-order valence-electron chi connectivity index (χ2n) is 9.36. The second-order valence-corrected chi connectivity index (χ2v) is 9.36. The number of rotatable bonds is 4. The van der Waals surface area contributed by atoms with E-state index < -0.39 is 0 Å². The van der Waals surface area contributed by atoms with Gasteiger partial charge in [0.05, 0.1) is 46.5 Å². The Hall–Kier alpha value is -4.33. The van der Waals surface area contributed by atoms with Crippen LogP contribution in [0.3, 0.4) is 0 Å². The van der Waals surface area contributed by atoms with Gasteiger partial charge in [0.25, 0.3) is 0 Å². The lowest BCUT2D eigenvalue weighted by Gasteiger charge is -2.26. The number of nitrogens with one attached hydrogen (secondary N) is 1. The second kappa shape index (κ2) is 9.03. The van der Waals surface area contributed by atoms with Gasteiger partial charge in [-0.05, 0) is 37.8 Å². The van der Waals surface area contributed by atoms with E-state index in [0.717, 1.165) is 70.6 Å². The van der Waals surface area contributed by atoms with Gasteiger partial charge in [-0.25, -0.2) is 9.97 Å². The molecule has 8 nitrogen and oxygen atoms in total. The van der Waals surface area contributed by atoms with Crippen LogP contribution < -0.4 is 11.1 Å². The maximum absolute atomic E-state index is 12.1. The van der Waals surface area contributed by atoms with Crippen LogP contribution >= 0.6 is 0 Å². The lowest BCUT2D eigenvalue weighted by molar-refractivity contribution is -0.125. The first-order valence-corrected chi connectivity index (χ1v) is 12.3. The first-order valence-electron chi connectivity index (χ1n) is 12.3. The normalized spacial score (nSPS) is 17.9. The van der Waals surface area contributed by atoms with Crippen molar-refractivity contribution in [2.45, 2.75) is 31.6 Å². The number of nitrogen functional groups attached to an aromatic ring is 1. The van der Waals surface area contributed by atoms with E-state index in [1.807, 2.05) is 59.1 Å². The van der Waals surface area contributed by atoms with Crippen LogP contribution in [-0.4, -0.2) is 37.3 Å². The number of fused-ring (bicyclic) bond motifs is 2. The lowest BCUT2D eigenvalue weighted by atomic mass is 9.81. The minimum atomic E-state index is 0.0637. The molecule has 0 radical (unpaired) electrons. The average molecular weight is 478 g/mol. The van der Waals surface area contributed by atoms with Gasteiger partial charge < -0.3 is 11.1 Å². The maximum Gasteiger partial charge on any atom is 0.222 e. The topological polar surface area (TPSA) is 111 Å². The van der Waals surface area contributed by atoms with E-state index in [9.17, 15) is 4.79 Å². The predicted octanol–water partition coefficient (Wildman–Crippen LogP) is 4.61. The highest BCUT2D eigenvalue weighted by Crippen LogP contribution is 2.38. The first-order chi connectivity index (χ1) is 17.6. The van der Waals surface area contributed by atoms with Gasteiger partial charge in [-0.15, -0.1) is 0 Å². The molecule has 0 atom stereocenters. The number of benzene rings is 2. The smallest absolute Gasteiger partial charge is 0.222 e. The van der Waals surface area contributed by atoms with Crippen LogP contribution in [0.25, 0.3) is 39.1 Å². The number of anilines is 1. The quantitative estimate of drug-likeness (QED) is 0.391. The highest BCUT2D eigenvalue weighted by Gasteiger charge is 2.30. The third kappa shape index (κ3) is 3.84. The van der Waals surface area contributed by atoms with E-state index in [0.29, 0.717) is 5.82 Å². The molecule has 2 aromatic carbocycles. The highest BCUT2D eigenvalue weighted by atomic mass is 16.1. The largest absolute Gasteiger partial charge is 0.383 e. The Bertz CT molecular complexity index is 1570. The molecule has 0 bridgehead atoms. The molecule has 5 aromatic rings. The molecule has 3 heterocycles. The molecule has 8 heteroatoms. The summed E-state index contributed by atoms with van der Waals surface area (Å²) in [6.07, 6.45) is 8.75. The standard InChI is InChI=1S/C28H27N7O/c1-30-28(36)19-9-7-18(8-10-19)27-34-26(24-15-31-16-25(29)35(24)27)20-11-12-21-22(13-20)33-23(14-32-21)17-5-3-2-4-6-17/h2-6,11-16,18-19H,7-10,29H2,1H3,(H,30,36). The van der Waals surface area contributed by atoms with E-state index in [1.165, 1.54) is 0 Å². The summed E-state index contributed by atoms with van der Waals surface area (Å²) in [5.74, 6) is 1.90. The zero-order valence-electron chi connectivity index (χ0n) is 20.1. The summed E-state index contributed by atoms with van der Waals surface area (Å²) in [5.41, 5.74) is 12.5. The Kier molecular flexibility index (Phi) is 5.56. The number of imidazole rings is 1. The molecule has 180 valence electrons. The monoisotopic (exact) mass is 477 g/mol. The molecule has 0 aliphatic heterocycles. The number of hydrogen-bond donors (Lipinski definition) is 2. The summed E-state index contributed by atoms with van der Waals surface area (Å²) in [4.78, 5) is 31.1. The van der Waals surface area contributed by atoms with Gasteiger partial charge in [0, 0.05) is 30.0 Å². The van der Waals surface area contributed by atoms with Crippen LogP contribution in [0.2, 0.25) is 0 Å². The van der Waals surface area contributed by atoms with E-state index >= 15 is 0 Å². The third-order valence-corrected chi connectivity index (χ3v) is 7.20. The Morgan fingerprint density at radius 3 is 2.53 bits per heavy atom. The molecule has 1 aliphatic rings. The van der Waals surface area contributed by atoms with Crippen molar-refractivity contribution in [1.29, 1.82) is 0 Å². The fraction of sp³-hybridized carbons (Fsp3) is 0.250. The third-order valence-electron chi connectivity index (χ3n) is 7.20. The van der Waals surface area contributed by atoms with Gasteiger partial charge in [0.2, 0.25) is 5.91 Å². The summed E-state index contributed by atoms with van der Waals surface area (Å²) in [6, 6.07) is 16.1. The number of amides is 1. The summed E-state index contributed by atoms with van der Waals surface area (Å²) in [7, 11) is 1.70. The van der Waals surface area contributed by atoms with Crippen molar-refractivity contribution >= 4 is 28.3 Å². The summed E-state index contributed by atoms with van der Waals surface area (Å²) >= 11 is 0. The van der Waals surface area contributed by atoms with Crippen molar-refractivity contribution in [3.8, 4) is 22.5 Å². The van der Waals surface area contributed by atoms with Crippen LogP contribution in [-0.2, 0) is 4.79 Å². The van der Waals surface area contributed by atoms with Gasteiger partial charge in [-0.2, -0.15) is 0 Å². The molecule has 0 unspecified atom stereocenters. The Balaban J connectivity index is 1.42. The molecular formula is C28H27N7O. The van der Waals surface area contributed by atoms with Crippen LogP contribution in [0.15, 0.2) is 67.1 Å². The van der Waals surface area contributed by atoms with Crippen LogP contribution in [0.4, 0.5) is 5.82 Å². The number of carbonyl (C=O) groups is 1. The minimum absolute atomic E-state index is 0.0637. The van der Waals surface area contributed by atoms with Crippen LogP contribution in [0.1, 0.15) is 37.4 Å². The molecular weight excluding hydrogens is 450 g/mol. The first kappa shape index (κ1) is 22.2. The highest BCUT2D eigenvalue weighted by molar-refractivity contribution is 5.87. The van der Waals surface area contributed by atoms with Gasteiger partial charge in [0.1, 0.15) is 11.6 Å². The van der Waals surface area contributed by atoms with E-state index in [4.69, 9.17) is 15.7 Å².